The Morgan fingerprint density at radius 2 is 1.56 bits per heavy atom. The highest BCUT2D eigenvalue weighted by Gasteiger charge is 2.29. The molecule has 0 aliphatic heterocycles. The molecule has 0 saturated heterocycles. The van der Waals surface area contributed by atoms with Gasteiger partial charge < -0.3 is 25.8 Å². The number of rotatable bonds is 13. The number of carbonyl (C=O) groups is 3. The Bertz CT molecular complexity index is 1070. The van der Waals surface area contributed by atoms with E-state index >= 15 is 0 Å². The number of phenolic OH excluding ortho intramolecular Hbond substituents is 1. The molecule has 4 N–H and O–H groups in total. The van der Waals surface area contributed by atoms with Gasteiger partial charge in [0.05, 0.1) is 0 Å². The normalized spacial score (nSPS) is 12.8. The third kappa shape index (κ3) is 11.4. The lowest BCUT2D eigenvalue weighted by Gasteiger charge is -2.26. The van der Waals surface area contributed by atoms with Crippen LogP contribution < -0.4 is 16.0 Å². The molecule has 0 fully saturated rings. The fourth-order valence-electron chi connectivity index (χ4n) is 4.38. The van der Waals surface area contributed by atoms with E-state index in [-0.39, 0.29) is 18.1 Å². The number of aryl methyl sites for hydroxylation is 3. The second-order valence-electron chi connectivity index (χ2n) is 11.0. The summed E-state index contributed by atoms with van der Waals surface area (Å²) in [7, 11) is 0. The summed E-state index contributed by atoms with van der Waals surface area (Å²) in [5.74, 6) is -0.565. The fraction of sp³-hybridized carbons (Fsp3) is 0.516. The molecule has 8 heteroatoms. The van der Waals surface area contributed by atoms with Crippen molar-refractivity contribution in [2.75, 3.05) is 6.54 Å². The number of hydrogen-bond acceptors (Lipinski definition) is 5. The van der Waals surface area contributed by atoms with Crippen molar-refractivity contribution in [3.8, 4) is 5.75 Å². The molecular weight excluding hydrogens is 494 g/mol. The van der Waals surface area contributed by atoms with Crippen molar-refractivity contribution in [2.45, 2.75) is 97.8 Å². The van der Waals surface area contributed by atoms with Crippen LogP contribution >= 0.6 is 0 Å². The molecule has 0 aromatic heterocycles. The van der Waals surface area contributed by atoms with Crippen molar-refractivity contribution in [2.24, 2.45) is 0 Å². The van der Waals surface area contributed by atoms with E-state index in [1.807, 2.05) is 39.0 Å². The highest BCUT2D eigenvalue weighted by atomic mass is 16.6. The summed E-state index contributed by atoms with van der Waals surface area (Å²) < 4.78 is 5.41. The Morgan fingerprint density at radius 3 is 2.15 bits per heavy atom. The summed E-state index contributed by atoms with van der Waals surface area (Å²) in [5, 5.41) is 18.5. The molecular formula is C31H45N3O5. The zero-order valence-corrected chi connectivity index (χ0v) is 24.2. The molecule has 8 nitrogen and oxygen atoms in total. The van der Waals surface area contributed by atoms with Crippen LogP contribution in [0.4, 0.5) is 4.79 Å². The first-order chi connectivity index (χ1) is 18.4. The second kappa shape index (κ2) is 15.1. The van der Waals surface area contributed by atoms with Gasteiger partial charge >= 0.3 is 6.09 Å². The maximum atomic E-state index is 13.5. The van der Waals surface area contributed by atoms with E-state index in [2.05, 4.69) is 28.1 Å². The third-order valence-electron chi connectivity index (χ3n) is 6.36. The molecule has 39 heavy (non-hydrogen) atoms. The number of unbranched alkanes of at least 4 members (excludes halogenated alkanes) is 1. The quantitative estimate of drug-likeness (QED) is 0.271. The van der Waals surface area contributed by atoms with Crippen LogP contribution in [0.3, 0.4) is 0 Å². The van der Waals surface area contributed by atoms with E-state index < -0.39 is 29.7 Å². The van der Waals surface area contributed by atoms with Gasteiger partial charge in [-0.25, -0.2) is 4.79 Å². The van der Waals surface area contributed by atoms with Crippen molar-refractivity contribution in [3.63, 3.8) is 0 Å². The van der Waals surface area contributed by atoms with Crippen molar-refractivity contribution in [3.05, 3.63) is 64.7 Å². The highest BCUT2D eigenvalue weighted by Crippen LogP contribution is 2.22. The first kappa shape index (κ1) is 31.7. The van der Waals surface area contributed by atoms with Crippen LogP contribution in [0.1, 0.15) is 75.6 Å². The van der Waals surface area contributed by atoms with E-state index in [9.17, 15) is 19.5 Å². The van der Waals surface area contributed by atoms with Crippen LogP contribution in [0.25, 0.3) is 0 Å². The fourth-order valence-corrected chi connectivity index (χ4v) is 4.38. The molecule has 2 aromatic rings. The van der Waals surface area contributed by atoms with Crippen molar-refractivity contribution >= 4 is 17.9 Å². The van der Waals surface area contributed by atoms with E-state index in [1.165, 1.54) is 5.56 Å². The summed E-state index contributed by atoms with van der Waals surface area (Å²) >= 11 is 0. The third-order valence-corrected chi connectivity index (χ3v) is 6.36. The minimum Gasteiger partial charge on any atom is -0.508 e. The maximum absolute atomic E-state index is 13.5. The zero-order valence-electron chi connectivity index (χ0n) is 24.2. The summed E-state index contributed by atoms with van der Waals surface area (Å²) in [6.07, 6.45) is 3.23. The van der Waals surface area contributed by atoms with E-state index in [4.69, 9.17) is 4.74 Å². The van der Waals surface area contributed by atoms with Crippen molar-refractivity contribution in [1.29, 1.82) is 0 Å². The summed E-state index contributed by atoms with van der Waals surface area (Å²) in [5.41, 5.74) is 2.90. The van der Waals surface area contributed by atoms with Gasteiger partial charge in [0.1, 0.15) is 23.4 Å². The molecule has 2 rings (SSSR count). The SMILES string of the molecule is CCCC[C@@H](NC(=O)[C@H](Cc1c(C)cc(O)cc1C)NC(=O)OC(C)(C)C)C(=O)NCCCc1ccccc1. The molecule has 2 atom stereocenters. The Balaban J connectivity index is 2.14. The topological polar surface area (TPSA) is 117 Å². The van der Waals surface area contributed by atoms with Gasteiger partial charge in [-0.3, -0.25) is 9.59 Å². The number of aromatic hydroxyl groups is 1. The molecule has 0 radical (unpaired) electrons. The lowest BCUT2D eigenvalue weighted by Crippen LogP contribution is -2.55. The Kier molecular flexibility index (Phi) is 12.3. The Labute approximate surface area is 232 Å². The highest BCUT2D eigenvalue weighted by molar-refractivity contribution is 5.91. The van der Waals surface area contributed by atoms with Crippen molar-refractivity contribution in [1.82, 2.24) is 16.0 Å². The van der Waals surface area contributed by atoms with Gasteiger partial charge in [0.2, 0.25) is 11.8 Å². The average Bonchev–Trinajstić information content (AvgIpc) is 2.85. The monoisotopic (exact) mass is 539 g/mol. The van der Waals surface area contributed by atoms with Crippen LogP contribution in [0.15, 0.2) is 42.5 Å². The van der Waals surface area contributed by atoms with Crippen LogP contribution in [0.2, 0.25) is 0 Å². The maximum Gasteiger partial charge on any atom is 0.408 e. The zero-order chi connectivity index (χ0) is 29.0. The molecule has 2 aromatic carbocycles. The number of alkyl carbamates (subject to hydrolysis) is 1. The number of amides is 3. The predicted molar refractivity (Wildman–Crippen MR) is 154 cm³/mol. The van der Waals surface area contributed by atoms with E-state index in [0.717, 1.165) is 42.4 Å². The summed E-state index contributed by atoms with van der Waals surface area (Å²) in [6.45, 7) is 11.5. The standard InChI is InChI=1S/C31H45N3O5/c1-7-8-16-26(28(36)32-17-12-15-23-13-10-9-11-14-23)33-29(37)27(34-30(38)39-31(4,5)6)20-25-21(2)18-24(35)19-22(25)3/h9-11,13-14,18-19,26-27,35H,7-8,12,15-17,20H2,1-6H3,(H,32,36)(H,33,37)(H,34,38)/t26-,27+/m1/s1. The van der Waals surface area contributed by atoms with Gasteiger partial charge in [-0.15, -0.1) is 0 Å². The number of nitrogens with one attached hydrogen (secondary N) is 3. The van der Waals surface area contributed by atoms with Crippen molar-refractivity contribution < 1.29 is 24.2 Å². The van der Waals surface area contributed by atoms with Crippen LogP contribution in [-0.2, 0) is 27.2 Å². The van der Waals surface area contributed by atoms with Gasteiger partial charge in [-0.1, -0.05) is 50.1 Å². The molecule has 0 bridgehead atoms. The molecule has 0 aliphatic rings. The van der Waals surface area contributed by atoms with E-state index in [1.54, 1.807) is 32.9 Å². The molecule has 214 valence electrons. The molecule has 0 aliphatic carbocycles. The molecule has 0 saturated carbocycles. The van der Waals surface area contributed by atoms with Gasteiger partial charge in [-0.2, -0.15) is 0 Å². The smallest absolute Gasteiger partial charge is 0.408 e. The van der Waals surface area contributed by atoms with Gasteiger partial charge in [0, 0.05) is 13.0 Å². The first-order valence-corrected chi connectivity index (χ1v) is 13.8. The van der Waals surface area contributed by atoms with Gasteiger partial charge in [-0.05, 0) is 88.3 Å². The average molecular weight is 540 g/mol. The summed E-state index contributed by atoms with van der Waals surface area (Å²) in [4.78, 5) is 39.2. The Hall–Kier alpha value is -3.55. The molecule has 0 heterocycles. The summed E-state index contributed by atoms with van der Waals surface area (Å²) in [6, 6.07) is 11.6. The number of ether oxygens (including phenoxy) is 1. The number of phenols is 1. The lowest BCUT2D eigenvalue weighted by atomic mass is 9.95. The molecule has 0 spiro atoms. The van der Waals surface area contributed by atoms with E-state index in [0.29, 0.717) is 13.0 Å². The molecule has 0 unspecified atom stereocenters. The minimum atomic E-state index is -0.975. The first-order valence-electron chi connectivity index (χ1n) is 13.8. The second-order valence-corrected chi connectivity index (χ2v) is 11.0. The number of hydrogen-bond donors (Lipinski definition) is 4. The van der Waals surface area contributed by atoms with Gasteiger partial charge in [0.15, 0.2) is 0 Å². The number of benzene rings is 2. The lowest BCUT2D eigenvalue weighted by molar-refractivity contribution is -0.130. The largest absolute Gasteiger partial charge is 0.508 e. The molecule has 3 amide bonds. The van der Waals surface area contributed by atoms with Gasteiger partial charge in [0.25, 0.3) is 0 Å². The van der Waals surface area contributed by atoms with Crippen LogP contribution in [0.5, 0.6) is 5.75 Å². The predicted octanol–water partition coefficient (Wildman–Crippen LogP) is 4.87. The van der Waals surface area contributed by atoms with Crippen LogP contribution in [0, 0.1) is 13.8 Å². The minimum absolute atomic E-state index is 0.137. The Morgan fingerprint density at radius 1 is 0.923 bits per heavy atom. The van der Waals surface area contributed by atoms with Crippen LogP contribution in [-0.4, -0.2) is 47.2 Å². The number of carbonyl (C=O) groups excluding carboxylic acids is 3.